The summed E-state index contributed by atoms with van der Waals surface area (Å²) in [6, 6.07) is 4.86. The standard InChI is InChI=1S/C20H29BrFNO3/c1-5-18(25-13-15-11-16(21)8-9-17(15)22)14-7-6-10-23(12-14)19(24)26-20(2,3)4/h8-9,11,14,18H,5-7,10,12-13H2,1-4H3. The predicted molar refractivity (Wildman–Crippen MR) is 103 cm³/mol. The summed E-state index contributed by atoms with van der Waals surface area (Å²) >= 11 is 3.36. The van der Waals surface area contributed by atoms with E-state index in [0.29, 0.717) is 18.7 Å². The fourth-order valence-corrected chi connectivity index (χ4v) is 3.65. The highest BCUT2D eigenvalue weighted by molar-refractivity contribution is 9.10. The van der Waals surface area contributed by atoms with Crippen molar-refractivity contribution in [3.05, 3.63) is 34.1 Å². The Morgan fingerprint density at radius 2 is 2.15 bits per heavy atom. The molecular formula is C20H29BrFNO3. The molecule has 0 radical (unpaired) electrons. The summed E-state index contributed by atoms with van der Waals surface area (Å²) in [5.41, 5.74) is 0.0424. The van der Waals surface area contributed by atoms with Crippen molar-refractivity contribution in [3.8, 4) is 0 Å². The van der Waals surface area contributed by atoms with Crippen molar-refractivity contribution in [2.24, 2.45) is 5.92 Å². The quantitative estimate of drug-likeness (QED) is 0.617. The topological polar surface area (TPSA) is 38.8 Å². The number of rotatable bonds is 5. The van der Waals surface area contributed by atoms with E-state index in [4.69, 9.17) is 9.47 Å². The van der Waals surface area contributed by atoms with E-state index in [0.717, 1.165) is 23.7 Å². The normalized spacial score (nSPS) is 19.3. The second kappa shape index (κ2) is 9.18. The van der Waals surface area contributed by atoms with Gasteiger partial charge in [-0.2, -0.15) is 0 Å². The number of benzene rings is 1. The lowest BCUT2D eigenvalue weighted by Crippen LogP contribution is -2.46. The van der Waals surface area contributed by atoms with Crippen molar-refractivity contribution >= 4 is 22.0 Å². The molecule has 2 atom stereocenters. The first-order valence-corrected chi connectivity index (χ1v) is 10.0. The molecule has 1 aliphatic rings. The summed E-state index contributed by atoms with van der Waals surface area (Å²) < 4.78 is 26.3. The molecule has 1 aromatic rings. The van der Waals surface area contributed by atoms with Crippen LogP contribution in [0.15, 0.2) is 22.7 Å². The zero-order chi connectivity index (χ0) is 19.3. The number of carbonyl (C=O) groups is 1. The van der Waals surface area contributed by atoms with E-state index >= 15 is 0 Å². The number of ether oxygens (including phenoxy) is 2. The highest BCUT2D eigenvalue weighted by Crippen LogP contribution is 2.26. The van der Waals surface area contributed by atoms with E-state index in [1.54, 1.807) is 17.0 Å². The second-order valence-electron chi connectivity index (χ2n) is 7.82. The number of halogens is 2. The maximum Gasteiger partial charge on any atom is 0.410 e. The first kappa shape index (κ1) is 21.2. The van der Waals surface area contributed by atoms with Gasteiger partial charge in [0, 0.05) is 29.0 Å². The van der Waals surface area contributed by atoms with Gasteiger partial charge in [-0.1, -0.05) is 22.9 Å². The van der Waals surface area contributed by atoms with Crippen LogP contribution in [0.25, 0.3) is 0 Å². The van der Waals surface area contributed by atoms with Crippen LogP contribution < -0.4 is 0 Å². The lowest BCUT2D eigenvalue weighted by atomic mass is 9.91. The molecule has 0 bridgehead atoms. The van der Waals surface area contributed by atoms with E-state index in [2.05, 4.69) is 22.9 Å². The van der Waals surface area contributed by atoms with E-state index < -0.39 is 5.60 Å². The molecule has 0 saturated carbocycles. The third-order valence-corrected chi connectivity index (χ3v) is 4.99. The molecule has 0 aliphatic carbocycles. The van der Waals surface area contributed by atoms with Gasteiger partial charge in [-0.05, 0) is 58.2 Å². The Kier molecular flexibility index (Phi) is 7.47. The van der Waals surface area contributed by atoms with Gasteiger partial charge in [-0.15, -0.1) is 0 Å². The number of nitrogens with zero attached hydrogens (tertiary/aromatic N) is 1. The maximum atomic E-state index is 13.9. The van der Waals surface area contributed by atoms with Gasteiger partial charge < -0.3 is 14.4 Å². The zero-order valence-corrected chi connectivity index (χ0v) is 17.6. The third-order valence-electron chi connectivity index (χ3n) is 4.50. The maximum absolute atomic E-state index is 13.9. The zero-order valence-electron chi connectivity index (χ0n) is 16.1. The molecule has 2 unspecified atom stereocenters. The Labute approximate surface area is 164 Å². The van der Waals surface area contributed by atoms with Crippen molar-refractivity contribution in [2.45, 2.75) is 65.3 Å². The van der Waals surface area contributed by atoms with Crippen molar-refractivity contribution < 1.29 is 18.7 Å². The van der Waals surface area contributed by atoms with Crippen molar-refractivity contribution in [2.75, 3.05) is 13.1 Å². The van der Waals surface area contributed by atoms with Crippen LogP contribution in [0.5, 0.6) is 0 Å². The Balaban J connectivity index is 1.96. The van der Waals surface area contributed by atoms with Crippen LogP contribution in [0.4, 0.5) is 9.18 Å². The Morgan fingerprint density at radius 3 is 2.81 bits per heavy atom. The van der Waals surface area contributed by atoms with Gasteiger partial charge in [0.2, 0.25) is 0 Å². The van der Waals surface area contributed by atoms with E-state index in [1.165, 1.54) is 6.07 Å². The molecule has 6 heteroatoms. The summed E-state index contributed by atoms with van der Waals surface area (Å²) in [5.74, 6) is -0.0291. The van der Waals surface area contributed by atoms with Crippen molar-refractivity contribution in [3.63, 3.8) is 0 Å². The molecule has 1 saturated heterocycles. The van der Waals surface area contributed by atoms with Crippen LogP contribution in [0.1, 0.15) is 52.5 Å². The molecule has 0 aromatic heterocycles. The van der Waals surface area contributed by atoms with Crippen LogP contribution >= 0.6 is 15.9 Å². The van der Waals surface area contributed by atoms with Crippen LogP contribution in [0.3, 0.4) is 0 Å². The van der Waals surface area contributed by atoms with E-state index in [1.807, 2.05) is 20.8 Å². The molecule has 1 fully saturated rings. The van der Waals surface area contributed by atoms with Gasteiger partial charge in [0.25, 0.3) is 0 Å². The molecule has 1 amide bonds. The van der Waals surface area contributed by atoms with Gasteiger partial charge in [-0.25, -0.2) is 9.18 Å². The molecule has 146 valence electrons. The minimum atomic E-state index is -0.497. The molecule has 0 spiro atoms. The SMILES string of the molecule is CCC(OCc1cc(Br)ccc1F)C1CCCN(C(=O)OC(C)(C)C)C1. The molecule has 2 rings (SSSR count). The lowest BCUT2D eigenvalue weighted by molar-refractivity contribution is -0.0328. The summed E-state index contributed by atoms with van der Waals surface area (Å²) in [6.07, 6.45) is 2.46. The average Bonchev–Trinajstić information content (AvgIpc) is 2.57. The summed E-state index contributed by atoms with van der Waals surface area (Å²) in [4.78, 5) is 14.1. The number of amides is 1. The lowest BCUT2D eigenvalue weighted by Gasteiger charge is -2.37. The van der Waals surface area contributed by atoms with Crippen molar-refractivity contribution in [1.82, 2.24) is 4.90 Å². The molecule has 1 aromatic carbocycles. The Morgan fingerprint density at radius 1 is 1.42 bits per heavy atom. The molecular weight excluding hydrogens is 401 g/mol. The van der Waals surface area contributed by atoms with E-state index in [-0.39, 0.29) is 30.5 Å². The van der Waals surface area contributed by atoms with Crippen LogP contribution in [-0.4, -0.2) is 35.8 Å². The number of hydrogen-bond donors (Lipinski definition) is 0. The minimum Gasteiger partial charge on any atom is -0.444 e. The monoisotopic (exact) mass is 429 g/mol. The fraction of sp³-hybridized carbons (Fsp3) is 0.650. The number of likely N-dealkylation sites (tertiary alicyclic amines) is 1. The predicted octanol–water partition coefficient (Wildman–Crippen LogP) is 5.53. The van der Waals surface area contributed by atoms with Crippen LogP contribution in [-0.2, 0) is 16.1 Å². The number of carbonyl (C=O) groups excluding carboxylic acids is 1. The minimum absolute atomic E-state index is 0.0152. The smallest absolute Gasteiger partial charge is 0.410 e. The fourth-order valence-electron chi connectivity index (χ4n) is 3.24. The molecule has 4 nitrogen and oxygen atoms in total. The third kappa shape index (κ3) is 6.23. The summed E-state index contributed by atoms with van der Waals surface area (Å²) in [6.45, 7) is 9.24. The molecule has 1 heterocycles. The van der Waals surface area contributed by atoms with Gasteiger partial charge in [0.05, 0.1) is 12.7 Å². The Hall–Kier alpha value is -1.14. The van der Waals surface area contributed by atoms with Gasteiger partial charge in [0.15, 0.2) is 0 Å². The Bertz CT molecular complexity index is 618. The first-order chi connectivity index (χ1) is 12.2. The highest BCUT2D eigenvalue weighted by Gasteiger charge is 2.31. The number of piperidine rings is 1. The largest absolute Gasteiger partial charge is 0.444 e. The highest BCUT2D eigenvalue weighted by atomic mass is 79.9. The average molecular weight is 430 g/mol. The van der Waals surface area contributed by atoms with Crippen LogP contribution in [0.2, 0.25) is 0 Å². The number of hydrogen-bond acceptors (Lipinski definition) is 3. The van der Waals surface area contributed by atoms with Crippen LogP contribution in [0, 0.1) is 11.7 Å². The second-order valence-corrected chi connectivity index (χ2v) is 8.74. The van der Waals surface area contributed by atoms with Gasteiger partial charge in [0.1, 0.15) is 11.4 Å². The first-order valence-electron chi connectivity index (χ1n) is 9.23. The van der Waals surface area contributed by atoms with Crippen molar-refractivity contribution in [1.29, 1.82) is 0 Å². The van der Waals surface area contributed by atoms with E-state index in [9.17, 15) is 9.18 Å². The molecule has 1 aliphatic heterocycles. The summed E-state index contributed by atoms with van der Waals surface area (Å²) in [7, 11) is 0. The molecule has 26 heavy (non-hydrogen) atoms. The van der Waals surface area contributed by atoms with Gasteiger partial charge >= 0.3 is 6.09 Å². The molecule has 0 N–H and O–H groups in total. The summed E-state index contributed by atoms with van der Waals surface area (Å²) in [5, 5.41) is 0. The van der Waals surface area contributed by atoms with Gasteiger partial charge in [-0.3, -0.25) is 0 Å².